The first-order valence-corrected chi connectivity index (χ1v) is 9.34. The van der Waals surface area contributed by atoms with Gasteiger partial charge in [0.05, 0.1) is 12.5 Å². The Morgan fingerprint density at radius 1 is 0.786 bits per heavy atom. The quantitative estimate of drug-likeness (QED) is 0.329. The first-order chi connectivity index (χ1) is 13.8. The number of nitrogens with zero attached hydrogens (tertiary/aromatic N) is 3. The fourth-order valence-electron chi connectivity index (χ4n) is 3.92. The average Bonchev–Trinajstić information content (AvgIpc) is 3.26. The Morgan fingerprint density at radius 3 is 1.61 bits per heavy atom. The molecular weight excluding hydrogens is 342 g/mol. The van der Waals surface area contributed by atoms with E-state index in [2.05, 4.69) is 87.2 Å². The van der Waals surface area contributed by atoms with E-state index >= 15 is 0 Å². The van der Waals surface area contributed by atoms with Crippen molar-refractivity contribution in [1.29, 1.82) is 0 Å². The van der Waals surface area contributed by atoms with Crippen LogP contribution in [-0.2, 0) is 5.54 Å². The Bertz CT molecular complexity index is 980. The SMILES string of the molecule is [C-]#[N+]C(C)c1cncn1C(c1ccccc1)(c1ccccc1)c1ccccc1. The van der Waals surface area contributed by atoms with Crippen molar-refractivity contribution >= 4 is 0 Å². The first kappa shape index (κ1) is 17.8. The van der Waals surface area contributed by atoms with Crippen LogP contribution in [-0.4, -0.2) is 9.55 Å². The molecule has 1 atom stereocenters. The summed E-state index contributed by atoms with van der Waals surface area (Å²) in [6.45, 7) is 9.51. The molecule has 0 radical (unpaired) electrons. The number of rotatable bonds is 5. The highest BCUT2D eigenvalue weighted by Crippen LogP contribution is 2.42. The maximum Gasteiger partial charge on any atom is 0.262 e. The summed E-state index contributed by atoms with van der Waals surface area (Å²) >= 11 is 0. The summed E-state index contributed by atoms with van der Waals surface area (Å²) in [5.74, 6) is 0. The third kappa shape index (κ3) is 2.80. The number of imidazole rings is 1. The number of hydrogen-bond acceptors (Lipinski definition) is 1. The number of aromatic nitrogens is 2. The highest BCUT2D eigenvalue weighted by atomic mass is 15.1. The van der Waals surface area contributed by atoms with Crippen LogP contribution in [0.5, 0.6) is 0 Å². The maximum absolute atomic E-state index is 7.58. The molecular formula is C25H21N3. The molecule has 0 aliphatic heterocycles. The van der Waals surface area contributed by atoms with Crippen LogP contribution in [0.4, 0.5) is 0 Å². The van der Waals surface area contributed by atoms with E-state index in [0.717, 1.165) is 22.4 Å². The Hall–Kier alpha value is -3.64. The molecule has 0 saturated carbocycles. The maximum atomic E-state index is 7.58. The minimum atomic E-state index is -0.617. The smallest absolute Gasteiger partial charge is 0.262 e. The van der Waals surface area contributed by atoms with Crippen LogP contribution in [0.2, 0.25) is 0 Å². The van der Waals surface area contributed by atoms with E-state index in [1.807, 2.05) is 37.6 Å². The molecule has 28 heavy (non-hydrogen) atoms. The van der Waals surface area contributed by atoms with Crippen LogP contribution in [0, 0.1) is 6.57 Å². The molecule has 0 N–H and O–H groups in total. The van der Waals surface area contributed by atoms with E-state index in [1.165, 1.54) is 0 Å². The third-order valence-corrected chi connectivity index (χ3v) is 5.22. The highest BCUT2D eigenvalue weighted by Gasteiger charge is 2.40. The normalized spacial score (nSPS) is 12.3. The van der Waals surface area contributed by atoms with E-state index < -0.39 is 5.54 Å². The van der Waals surface area contributed by atoms with Crippen molar-refractivity contribution in [3.05, 3.63) is 137 Å². The Morgan fingerprint density at radius 2 is 1.21 bits per heavy atom. The molecule has 0 spiro atoms. The fourth-order valence-corrected chi connectivity index (χ4v) is 3.92. The lowest BCUT2D eigenvalue weighted by Crippen LogP contribution is -2.38. The van der Waals surface area contributed by atoms with E-state index in [4.69, 9.17) is 6.57 Å². The van der Waals surface area contributed by atoms with Gasteiger partial charge in [0.15, 0.2) is 0 Å². The Labute approximate surface area is 165 Å². The van der Waals surface area contributed by atoms with Crippen molar-refractivity contribution in [3.63, 3.8) is 0 Å². The lowest BCUT2D eigenvalue weighted by molar-refractivity contribution is 0.491. The highest BCUT2D eigenvalue weighted by molar-refractivity contribution is 5.51. The third-order valence-electron chi connectivity index (χ3n) is 5.22. The molecule has 0 fully saturated rings. The van der Waals surface area contributed by atoms with Gasteiger partial charge in [0.1, 0.15) is 11.2 Å². The zero-order valence-corrected chi connectivity index (χ0v) is 15.7. The van der Waals surface area contributed by atoms with Gasteiger partial charge in [0.25, 0.3) is 6.04 Å². The van der Waals surface area contributed by atoms with Crippen LogP contribution in [0.15, 0.2) is 104 Å². The summed E-state index contributed by atoms with van der Waals surface area (Å²) in [4.78, 5) is 8.23. The zero-order valence-electron chi connectivity index (χ0n) is 15.7. The van der Waals surface area contributed by atoms with Crippen molar-refractivity contribution in [2.24, 2.45) is 0 Å². The predicted molar refractivity (Wildman–Crippen MR) is 112 cm³/mol. The summed E-state index contributed by atoms with van der Waals surface area (Å²) in [7, 11) is 0. The van der Waals surface area contributed by atoms with Gasteiger partial charge in [-0.2, -0.15) is 0 Å². The van der Waals surface area contributed by atoms with Crippen molar-refractivity contribution in [2.45, 2.75) is 18.5 Å². The second-order valence-corrected chi connectivity index (χ2v) is 6.80. The molecule has 4 rings (SSSR count). The van der Waals surface area contributed by atoms with Crippen LogP contribution in [0.1, 0.15) is 35.3 Å². The molecule has 1 unspecified atom stereocenters. The zero-order chi connectivity index (χ0) is 19.4. The second kappa shape index (κ2) is 7.54. The predicted octanol–water partition coefficient (Wildman–Crippen LogP) is 5.70. The molecule has 0 amide bonds. The molecule has 4 aromatic rings. The molecule has 136 valence electrons. The molecule has 0 aliphatic carbocycles. The van der Waals surface area contributed by atoms with E-state index in [-0.39, 0.29) is 6.04 Å². The monoisotopic (exact) mass is 363 g/mol. The standard InChI is InChI=1S/C25H21N3/c1-20(26-2)24-18-27-19-28(24)25(21-12-6-3-7-13-21,22-14-8-4-9-15-22)23-16-10-5-11-17-23/h3-20H,1H3. The van der Waals surface area contributed by atoms with Gasteiger partial charge in [-0.15, -0.1) is 0 Å². The van der Waals surface area contributed by atoms with Crippen molar-refractivity contribution < 1.29 is 0 Å². The molecule has 1 heterocycles. The van der Waals surface area contributed by atoms with Gasteiger partial charge in [-0.25, -0.2) is 11.6 Å². The van der Waals surface area contributed by atoms with Crippen molar-refractivity contribution in [2.75, 3.05) is 0 Å². The van der Waals surface area contributed by atoms with E-state index in [9.17, 15) is 0 Å². The fraction of sp³-hybridized carbons (Fsp3) is 0.120. The second-order valence-electron chi connectivity index (χ2n) is 6.80. The summed E-state index contributed by atoms with van der Waals surface area (Å²) in [5.41, 5.74) is 3.66. The molecule has 0 aliphatic rings. The van der Waals surface area contributed by atoms with Crippen LogP contribution >= 0.6 is 0 Å². The van der Waals surface area contributed by atoms with Gasteiger partial charge in [0, 0.05) is 6.92 Å². The van der Waals surface area contributed by atoms with Gasteiger partial charge >= 0.3 is 0 Å². The van der Waals surface area contributed by atoms with Gasteiger partial charge in [-0.1, -0.05) is 91.0 Å². The average molecular weight is 363 g/mol. The number of benzene rings is 3. The summed E-state index contributed by atoms with van der Waals surface area (Å²) in [6.07, 6.45) is 3.66. The first-order valence-electron chi connectivity index (χ1n) is 9.34. The summed E-state index contributed by atoms with van der Waals surface area (Å²) in [5, 5.41) is 0. The minimum absolute atomic E-state index is 0.294. The lowest BCUT2D eigenvalue weighted by Gasteiger charge is -2.38. The summed E-state index contributed by atoms with van der Waals surface area (Å²) in [6, 6.07) is 31.0. The van der Waals surface area contributed by atoms with Crippen molar-refractivity contribution in [1.82, 2.24) is 9.55 Å². The van der Waals surface area contributed by atoms with Gasteiger partial charge in [-0.05, 0) is 16.7 Å². The Kier molecular flexibility index (Phi) is 4.78. The molecule has 3 aromatic carbocycles. The molecule has 3 heteroatoms. The molecule has 1 aromatic heterocycles. The van der Waals surface area contributed by atoms with Crippen LogP contribution in [0.3, 0.4) is 0 Å². The summed E-state index contributed by atoms with van der Waals surface area (Å²) < 4.78 is 2.16. The van der Waals surface area contributed by atoms with Gasteiger partial charge in [0.2, 0.25) is 0 Å². The van der Waals surface area contributed by atoms with E-state index in [0.29, 0.717) is 0 Å². The minimum Gasteiger partial charge on any atom is -0.309 e. The van der Waals surface area contributed by atoms with Crippen LogP contribution < -0.4 is 0 Å². The van der Waals surface area contributed by atoms with E-state index in [1.54, 1.807) is 0 Å². The van der Waals surface area contributed by atoms with Crippen LogP contribution in [0.25, 0.3) is 4.85 Å². The van der Waals surface area contributed by atoms with Crippen molar-refractivity contribution in [3.8, 4) is 0 Å². The van der Waals surface area contributed by atoms with Gasteiger partial charge in [-0.3, -0.25) is 0 Å². The number of hydrogen-bond donors (Lipinski definition) is 0. The molecule has 0 bridgehead atoms. The molecule has 3 nitrogen and oxygen atoms in total. The largest absolute Gasteiger partial charge is 0.309 e. The lowest BCUT2D eigenvalue weighted by atomic mass is 9.76. The molecule has 0 saturated heterocycles. The topological polar surface area (TPSA) is 22.2 Å². The Balaban J connectivity index is 2.15. The van der Waals surface area contributed by atoms with Gasteiger partial charge < -0.3 is 9.41 Å².